The largest absolute Gasteiger partial charge is 0.482 e. The number of ketones is 1. The van der Waals surface area contributed by atoms with Crippen molar-refractivity contribution in [1.29, 1.82) is 0 Å². The predicted octanol–water partition coefficient (Wildman–Crippen LogP) is 3.19. The molecule has 1 aliphatic rings. The molecular formula is C24H26N2O6. The number of rotatable bonds is 8. The van der Waals surface area contributed by atoms with Gasteiger partial charge in [0.25, 0.3) is 5.91 Å². The van der Waals surface area contributed by atoms with E-state index in [1.165, 1.54) is 11.0 Å². The molecule has 0 atom stereocenters. The highest BCUT2D eigenvalue weighted by Crippen LogP contribution is 2.33. The summed E-state index contributed by atoms with van der Waals surface area (Å²) >= 11 is 0. The molecule has 1 N–H and O–H groups in total. The maximum Gasteiger partial charge on any atom is 0.306 e. The molecule has 0 saturated heterocycles. The Balaban J connectivity index is 1.76. The fourth-order valence-electron chi connectivity index (χ4n) is 3.35. The number of benzene rings is 2. The van der Waals surface area contributed by atoms with Crippen molar-refractivity contribution >= 4 is 34.9 Å². The molecule has 0 fully saturated rings. The van der Waals surface area contributed by atoms with Crippen LogP contribution < -0.4 is 15.0 Å². The minimum Gasteiger partial charge on any atom is -0.482 e. The Labute approximate surface area is 186 Å². The number of aryl methyl sites for hydroxylation is 2. The molecule has 8 nitrogen and oxygen atoms in total. The fraction of sp³-hybridized carbons (Fsp3) is 0.333. The number of amides is 2. The number of nitrogens with zero attached hydrogens (tertiary/aromatic N) is 1. The molecule has 0 aliphatic carbocycles. The van der Waals surface area contributed by atoms with Gasteiger partial charge >= 0.3 is 5.97 Å². The second kappa shape index (κ2) is 10.1. The van der Waals surface area contributed by atoms with E-state index in [0.717, 1.165) is 11.1 Å². The number of carbonyl (C=O) groups excluding carboxylic acids is 4. The first-order valence-corrected chi connectivity index (χ1v) is 10.4. The van der Waals surface area contributed by atoms with E-state index in [-0.39, 0.29) is 50.2 Å². The van der Waals surface area contributed by atoms with Crippen molar-refractivity contribution in [2.24, 2.45) is 0 Å². The first-order chi connectivity index (χ1) is 15.3. The SMILES string of the molecule is CCOC(=O)CCC(=O)c1ccc2c(c1)N(CC(=O)Nc1cc(C)ccc1C)C(=O)CO2. The van der Waals surface area contributed by atoms with Gasteiger partial charge in [0.1, 0.15) is 12.3 Å². The van der Waals surface area contributed by atoms with Gasteiger partial charge in [-0.1, -0.05) is 12.1 Å². The van der Waals surface area contributed by atoms with Crippen molar-refractivity contribution in [1.82, 2.24) is 0 Å². The lowest BCUT2D eigenvalue weighted by Crippen LogP contribution is -2.43. The first kappa shape index (κ1) is 23.0. The summed E-state index contributed by atoms with van der Waals surface area (Å²) in [7, 11) is 0. The summed E-state index contributed by atoms with van der Waals surface area (Å²) in [5.41, 5.74) is 3.27. The van der Waals surface area contributed by atoms with E-state index in [0.29, 0.717) is 22.7 Å². The molecule has 0 bridgehead atoms. The molecule has 3 rings (SSSR count). The van der Waals surface area contributed by atoms with Gasteiger partial charge in [0.15, 0.2) is 12.4 Å². The van der Waals surface area contributed by atoms with E-state index >= 15 is 0 Å². The molecule has 0 saturated carbocycles. The Bertz CT molecular complexity index is 1060. The summed E-state index contributed by atoms with van der Waals surface area (Å²) in [6.45, 7) is 5.36. The molecule has 0 aromatic heterocycles. The topological polar surface area (TPSA) is 102 Å². The van der Waals surface area contributed by atoms with Gasteiger partial charge in [0, 0.05) is 17.7 Å². The number of esters is 1. The van der Waals surface area contributed by atoms with E-state index in [1.807, 2.05) is 32.0 Å². The Morgan fingerprint density at radius 2 is 1.88 bits per heavy atom. The number of hydrogen-bond acceptors (Lipinski definition) is 6. The predicted molar refractivity (Wildman–Crippen MR) is 119 cm³/mol. The molecule has 2 amide bonds. The molecule has 32 heavy (non-hydrogen) atoms. The van der Waals surface area contributed by atoms with Crippen LogP contribution in [-0.2, 0) is 19.1 Å². The maximum absolute atomic E-state index is 12.7. The van der Waals surface area contributed by atoms with E-state index in [1.54, 1.807) is 19.1 Å². The average molecular weight is 438 g/mol. The highest BCUT2D eigenvalue weighted by Gasteiger charge is 2.28. The molecule has 168 valence electrons. The zero-order valence-electron chi connectivity index (χ0n) is 18.4. The van der Waals surface area contributed by atoms with Crippen LogP contribution >= 0.6 is 0 Å². The van der Waals surface area contributed by atoms with Gasteiger partial charge in [0.05, 0.1) is 18.7 Å². The number of Topliss-reactive ketones (excluding diaryl/α,β-unsaturated/α-hetero) is 1. The standard InChI is InChI=1S/C24H26N2O6/c1-4-31-24(30)10-8-20(27)17-7-9-21-19(12-17)26(23(29)14-32-21)13-22(28)25-18-11-15(2)5-6-16(18)3/h5-7,9,11-12H,4,8,10,13-14H2,1-3H3,(H,25,28). The summed E-state index contributed by atoms with van der Waals surface area (Å²) in [6.07, 6.45) is -0.0410. The zero-order chi connectivity index (χ0) is 23.3. The molecule has 0 unspecified atom stereocenters. The van der Waals surface area contributed by atoms with Crippen molar-refractivity contribution in [3.8, 4) is 5.75 Å². The van der Waals surface area contributed by atoms with Crippen molar-refractivity contribution in [3.05, 3.63) is 53.1 Å². The second-order valence-electron chi connectivity index (χ2n) is 7.55. The summed E-state index contributed by atoms with van der Waals surface area (Å²) in [4.78, 5) is 50.6. The number of fused-ring (bicyclic) bond motifs is 1. The van der Waals surface area contributed by atoms with Crippen molar-refractivity contribution in [3.63, 3.8) is 0 Å². The summed E-state index contributed by atoms with van der Waals surface area (Å²) in [6, 6.07) is 10.4. The highest BCUT2D eigenvalue weighted by molar-refractivity contribution is 6.06. The average Bonchev–Trinajstić information content (AvgIpc) is 2.76. The van der Waals surface area contributed by atoms with Gasteiger partial charge < -0.3 is 14.8 Å². The Morgan fingerprint density at radius 1 is 1.09 bits per heavy atom. The number of carbonyl (C=O) groups is 4. The van der Waals surface area contributed by atoms with Gasteiger partial charge in [-0.25, -0.2) is 0 Å². The number of hydrogen-bond donors (Lipinski definition) is 1. The Morgan fingerprint density at radius 3 is 2.62 bits per heavy atom. The number of anilines is 2. The number of ether oxygens (including phenoxy) is 2. The number of nitrogens with one attached hydrogen (secondary N) is 1. The molecule has 2 aromatic carbocycles. The minimum absolute atomic E-state index is 0.0143. The van der Waals surface area contributed by atoms with Crippen LogP contribution in [0.1, 0.15) is 41.3 Å². The minimum atomic E-state index is -0.443. The van der Waals surface area contributed by atoms with Crippen LogP contribution in [0.25, 0.3) is 0 Å². The normalized spacial score (nSPS) is 12.6. The van der Waals surface area contributed by atoms with E-state index in [4.69, 9.17) is 9.47 Å². The molecule has 2 aromatic rings. The molecule has 0 spiro atoms. The Kier molecular flexibility index (Phi) is 7.25. The van der Waals surface area contributed by atoms with Crippen LogP contribution in [-0.4, -0.2) is 43.3 Å². The van der Waals surface area contributed by atoms with E-state index < -0.39 is 5.97 Å². The van der Waals surface area contributed by atoms with Crippen molar-refractivity contribution in [2.75, 3.05) is 30.0 Å². The third-order valence-corrected chi connectivity index (χ3v) is 5.05. The van der Waals surface area contributed by atoms with E-state index in [9.17, 15) is 19.2 Å². The summed E-state index contributed by atoms with van der Waals surface area (Å²) in [5.74, 6) is -1.05. The van der Waals surface area contributed by atoms with Crippen LogP contribution in [0.15, 0.2) is 36.4 Å². The third-order valence-electron chi connectivity index (χ3n) is 5.05. The van der Waals surface area contributed by atoms with Gasteiger partial charge in [0.2, 0.25) is 5.91 Å². The van der Waals surface area contributed by atoms with E-state index in [2.05, 4.69) is 5.32 Å². The monoisotopic (exact) mass is 438 g/mol. The highest BCUT2D eigenvalue weighted by atomic mass is 16.5. The van der Waals surface area contributed by atoms with Gasteiger partial charge in [-0.15, -0.1) is 0 Å². The third kappa shape index (κ3) is 5.51. The Hall–Kier alpha value is -3.68. The van der Waals surface area contributed by atoms with Crippen molar-refractivity contribution < 1.29 is 28.7 Å². The van der Waals surface area contributed by atoms with Crippen LogP contribution in [0.2, 0.25) is 0 Å². The smallest absolute Gasteiger partial charge is 0.306 e. The lowest BCUT2D eigenvalue weighted by molar-refractivity contribution is -0.143. The first-order valence-electron chi connectivity index (χ1n) is 10.4. The fourth-order valence-corrected chi connectivity index (χ4v) is 3.35. The molecule has 8 heteroatoms. The lowest BCUT2D eigenvalue weighted by Gasteiger charge is -2.29. The van der Waals surface area contributed by atoms with Crippen LogP contribution in [0.3, 0.4) is 0 Å². The summed E-state index contributed by atoms with van der Waals surface area (Å²) in [5, 5.41) is 2.84. The lowest BCUT2D eigenvalue weighted by atomic mass is 10.0. The van der Waals surface area contributed by atoms with Crippen LogP contribution in [0.4, 0.5) is 11.4 Å². The molecular weight excluding hydrogens is 412 g/mol. The van der Waals surface area contributed by atoms with Gasteiger partial charge in [-0.05, 0) is 56.2 Å². The second-order valence-corrected chi connectivity index (χ2v) is 7.55. The van der Waals surface area contributed by atoms with Crippen molar-refractivity contribution in [2.45, 2.75) is 33.6 Å². The van der Waals surface area contributed by atoms with Gasteiger partial charge in [-0.2, -0.15) is 0 Å². The van der Waals surface area contributed by atoms with Crippen LogP contribution in [0.5, 0.6) is 5.75 Å². The molecule has 1 heterocycles. The summed E-state index contributed by atoms with van der Waals surface area (Å²) < 4.78 is 10.3. The molecule has 0 radical (unpaired) electrons. The van der Waals surface area contributed by atoms with Crippen LogP contribution in [0, 0.1) is 13.8 Å². The quantitative estimate of drug-likeness (QED) is 0.502. The van der Waals surface area contributed by atoms with Gasteiger partial charge in [-0.3, -0.25) is 24.1 Å². The molecule has 1 aliphatic heterocycles. The maximum atomic E-state index is 12.7. The zero-order valence-corrected chi connectivity index (χ0v) is 18.4.